The van der Waals surface area contributed by atoms with E-state index in [0.717, 1.165) is 16.9 Å². The van der Waals surface area contributed by atoms with Crippen molar-refractivity contribution >= 4 is 35.3 Å². The standard InChI is InChI=1S/C37H74O3S3/c1-28(2)38-35-32(22-16-14-20-26-42-31(7)8)33(23-17-15-21-27-43-37(9,10)11)36(39-29(3)4)40-34(35)24-18-12-13-19-25-41-30(5)6/h28-36H,12-27H2,1-11H3/t32-,33?,34?,35+,36+/m1/s1. The third-order valence-electron chi connectivity index (χ3n) is 8.02. The number of hydrogen-bond acceptors (Lipinski definition) is 6. The first-order valence-electron chi connectivity index (χ1n) is 18.1. The van der Waals surface area contributed by atoms with E-state index in [0.29, 0.717) is 16.6 Å². The second kappa shape index (κ2) is 24.1. The van der Waals surface area contributed by atoms with Crippen LogP contribution in [0, 0.1) is 11.8 Å². The molecule has 0 aromatic rings. The fourth-order valence-corrected chi connectivity index (χ4v) is 8.72. The van der Waals surface area contributed by atoms with Crippen LogP contribution in [0.15, 0.2) is 0 Å². The Bertz CT molecular complexity index is 650. The summed E-state index contributed by atoms with van der Waals surface area (Å²) in [5.74, 6) is 4.75. The van der Waals surface area contributed by atoms with Gasteiger partial charge in [0.05, 0.1) is 24.4 Å². The molecule has 1 saturated heterocycles. The molecular weight excluding hydrogens is 589 g/mol. The third kappa shape index (κ3) is 21.4. The molecule has 0 N–H and O–H groups in total. The Morgan fingerprint density at radius 2 is 1.02 bits per heavy atom. The van der Waals surface area contributed by atoms with Crippen LogP contribution in [-0.4, -0.2) is 63.2 Å². The number of ether oxygens (including phenoxy) is 3. The summed E-state index contributed by atoms with van der Waals surface area (Å²) in [5, 5.41) is 1.47. The van der Waals surface area contributed by atoms with Gasteiger partial charge in [0.15, 0.2) is 6.29 Å². The van der Waals surface area contributed by atoms with Crippen LogP contribution in [0.1, 0.15) is 160 Å². The molecule has 0 amide bonds. The minimum Gasteiger partial charge on any atom is -0.373 e. The van der Waals surface area contributed by atoms with Gasteiger partial charge in [0.25, 0.3) is 0 Å². The molecule has 3 nitrogen and oxygen atoms in total. The first-order valence-corrected chi connectivity index (χ1v) is 21.2. The lowest BCUT2D eigenvalue weighted by atomic mass is 9.75. The monoisotopic (exact) mass is 662 g/mol. The molecule has 2 unspecified atom stereocenters. The zero-order chi connectivity index (χ0) is 32.3. The van der Waals surface area contributed by atoms with Crippen LogP contribution in [0.3, 0.4) is 0 Å². The molecule has 0 radical (unpaired) electrons. The Hall–Kier alpha value is 0.930. The second-order valence-corrected chi connectivity index (χ2v) is 20.2. The van der Waals surface area contributed by atoms with Gasteiger partial charge in [-0.15, -0.1) is 0 Å². The van der Waals surface area contributed by atoms with Gasteiger partial charge in [-0.3, -0.25) is 0 Å². The van der Waals surface area contributed by atoms with E-state index in [1.54, 1.807) is 0 Å². The summed E-state index contributed by atoms with van der Waals surface area (Å²) < 4.78 is 20.7. The van der Waals surface area contributed by atoms with Crippen molar-refractivity contribution < 1.29 is 14.2 Å². The molecule has 0 saturated carbocycles. The normalized spacial score (nSPS) is 23.4. The summed E-state index contributed by atoms with van der Waals surface area (Å²) in [5.41, 5.74) is 0. The first kappa shape index (κ1) is 42.0. The van der Waals surface area contributed by atoms with Crippen molar-refractivity contribution in [2.75, 3.05) is 17.3 Å². The van der Waals surface area contributed by atoms with Gasteiger partial charge in [-0.25, -0.2) is 0 Å². The Labute approximate surface area is 283 Å². The highest BCUT2D eigenvalue weighted by molar-refractivity contribution is 8.00. The predicted molar refractivity (Wildman–Crippen MR) is 199 cm³/mol. The Kier molecular flexibility index (Phi) is 23.5. The molecule has 0 aliphatic carbocycles. The highest BCUT2D eigenvalue weighted by atomic mass is 32.2. The number of rotatable bonds is 25. The molecule has 43 heavy (non-hydrogen) atoms. The Morgan fingerprint density at radius 3 is 1.53 bits per heavy atom. The highest BCUT2D eigenvalue weighted by Gasteiger charge is 2.46. The van der Waals surface area contributed by atoms with E-state index in [1.807, 2.05) is 0 Å². The van der Waals surface area contributed by atoms with Crippen LogP contribution in [0.4, 0.5) is 0 Å². The summed E-state index contributed by atoms with van der Waals surface area (Å²) in [4.78, 5) is 0. The zero-order valence-corrected chi connectivity index (χ0v) is 32.9. The lowest BCUT2D eigenvalue weighted by molar-refractivity contribution is -0.292. The minimum atomic E-state index is -0.107. The smallest absolute Gasteiger partial charge is 0.161 e. The lowest BCUT2D eigenvalue weighted by Crippen LogP contribution is -2.54. The maximum Gasteiger partial charge on any atom is 0.161 e. The van der Waals surface area contributed by atoms with E-state index in [1.165, 1.54) is 94.3 Å². The average Bonchev–Trinajstić information content (AvgIpc) is 2.88. The van der Waals surface area contributed by atoms with Crippen molar-refractivity contribution in [1.29, 1.82) is 0 Å². The number of thioether (sulfide) groups is 3. The fourth-order valence-electron chi connectivity index (χ4n) is 6.07. The van der Waals surface area contributed by atoms with Gasteiger partial charge in [0.2, 0.25) is 0 Å². The zero-order valence-electron chi connectivity index (χ0n) is 30.5. The topological polar surface area (TPSA) is 27.7 Å². The van der Waals surface area contributed by atoms with E-state index in [-0.39, 0.29) is 30.7 Å². The van der Waals surface area contributed by atoms with Crippen LogP contribution in [0.25, 0.3) is 0 Å². The van der Waals surface area contributed by atoms with Crippen molar-refractivity contribution in [2.24, 2.45) is 11.8 Å². The third-order valence-corrected chi connectivity index (χ3v) is 11.8. The second-order valence-electron chi connectivity index (χ2n) is 14.9. The van der Waals surface area contributed by atoms with E-state index in [2.05, 4.69) is 111 Å². The molecule has 0 aromatic carbocycles. The fraction of sp³-hybridized carbons (Fsp3) is 1.00. The van der Waals surface area contributed by atoms with Crippen LogP contribution in [0.5, 0.6) is 0 Å². The molecule has 1 fully saturated rings. The van der Waals surface area contributed by atoms with Gasteiger partial charge in [-0.05, 0) is 99.9 Å². The molecule has 6 heteroatoms. The van der Waals surface area contributed by atoms with Gasteiger partial charge in [0.1, 0.15) is 0 Å². The van der Waals surface area contributed by atoms with Gasteiger partial charge < -0.3 is 14.2 Å². The maximum atomic E-state index is 6.95. The van der Waals surface area contributed by atoms with Crippen molar-refractivity contribution in [3.8, 4) is 0 Å². The summed E-state index contributed by atoms with van der Waals surface area (Å²) >= 11 is 6.29. The molecule has 1 aliphatic heterocycles. The van der Waals surface area contributed by atoms with Crippen molar-refractivity contribution in [2.45, 2.75) is 206 Å². The van der Waals surface area contributed by atoms with Crippen molar-refractivity contribution in [3.63, 3.8) is 0 Å². The Balaban J connectivity index is 2.96. The van der Waals surface area contributed by atoms with Crippen LogP contribution >= 0.6 is 35.3 Å². The molecule has 0 aromatic heterocycles. The van der Waals surface area contributed by atoms with Crippen LogP contribution in [-0.2, 0) is 14.2 Å². The molecule has 1 rings (SSSR count). The van der Waals surface area contributed by atoms with Crippen LogP contribution < -0.4 is 0 Å². The summed E-state index contributed by atoms with van der Waals surface area (Å²) in [6.07, 6.45) is 17.0. The molecule has 0 spiro atoms. The molecular formula is C37H74O3S3. The van der Waals surface area contributed by atoms with Gasteiger partial charge in [0, 0.05) is 10.7 Å². The molecule has 1 aliphatic rings. The number of unbranched alkanes of at least 4 members (excludes halogenated alkanes) is 7. The largest absolute Gasteiger partial charge is 0.373 e. The molecule has 0 bridgehead atoms. The summed E-state index contributed by atoms with van der Waals surface area (Å²) in [6.45, 7) is 25.0. The van der Waals surface area contributed by atoms with E-state index in [4.69, 9.17) is 14.2 Å². The van der Waals surface area contributed by atoms with Gasteiger partial charge in [-0.1, -0.05) is 93.4 Å². The predicted octanol–water partition coefficient (Wildman–Crippen LogP) is 12.0. The molecule has 1 heterocycles. The van der Waals surface area contributed by atoms with Gasteiger partial charge in [-0.2, -0.15) is 35.3 Å². The summed E-state index contributed by atoms with van der Waals surface area (Å²) in [7, 11) is 0. The van der Waals surface area contributed by atoms with Crippen molar-refractivity contribution in [1.82, 2.24) is 0 Å². The Morgan fingerprint density at radius 1 is 0.558 bits per heavy atom. The number of hydrogen-bond donors (Lipinski definition) is 0. The maximum absolute atomic E-state index is 6.95. The summed E-state index contributed by atoms with van der Waals surface area (Å²) in [6, 6.07) is 0. The van der Waals surface area contributed by atoms with E-state index < -0.39 is 0 Å². The lowest BCUT2D eigenvalue weighted by Gasteiger charge is -2.48. The average molecular weight is 663 g/mol. The van der Waals surface area contributed by atoms with E-state index >= 15 is 0 Å². The highest BCUT2D eigenvalue weighted by Crippen LogP contribution is 2.42. The van der Waals surface area contributed by atoms with E-state index in [9.17, 15) is 0 Å². The quantitative estimate of drug-likeness (QED) is 0.0903. The van der Waals surface area contributed by atoms with Gasteiger partial charge >= 0.3 is 0 Å². The molecule has 5 atom stereocenters. The minimum absolute atomic E-state index is 0.107. The first-order chi connectivity index (χ1) is 20.3. The SMILES string of the molecule is CC(C)O[C@H]1OC(CCCCCCSC(C)C)[C@@H](OC(C)C)[C@H](CCCCCSC(C)C)C1CCCCCSC(C)(C)C. The molecule has 258 valence electrons. The van der Waals surface area contributed by atoms with Crippen molar-refractivity contribution in [3.05, 3.63) is 0 Å². The van der Waals surface area contributed by atoms with Crippen LogP contribution in [0.2, 0.25) is 0 Å².